The summed E-state index contributed by atoms with van der Waals surface area (Å²) in [7, 11) is -4.64. The fraction of sp³-hybridized carbons (Fsp3) is 0. The maximum absolute atomic E-state index is 9.62. The topological polar surface area (TPSA) is 77.8 Å². The maximum atomic E-state index is 9.62. The highest BCUT2D eigenvalue weighted by atomic mass is 31.2. The molecule has 0 unspecified atom stereocenters. The van der Waals surface area contributed by atoms with Crippen LogP contribution in [0, 0.1) is 0 Å². The molecule has 0 aliphatic carbocycles. The molecule has 0 fully saturated rings. The van der Waals surface area contributed by atoms with Crippen molar-refractivity contribution in [1.29, 1.82) is 0 Å². The summed E-state index contributed by atoms with van der Waals surface area (Å²) in [5.41, 5.74) is 0. The van der Waals surface area contributed by atoms with Crippen LogP contribution in [0.4, 0.5) is 17.9 Å². The van der Waals surface area contributed by atoms with E-state index in [9.17, 15) is 17.9 Å². The van der Waals surface area contributed by atoms with Gasteiger partial charge in [-0.25, -0.2) is 4.57 Å². The van der Waals surface area contributed by atoms with Crippen LogP contribution >= 0.6 is 7.82 Å². The molecule has 0 atom stereocenters. The van der Waals surface area contributed by atoms with Gasteiger partial charge in [-0.2, -0.15) is 0 Å². The molecule has 0 bridgehead atoms. The van der Waals surface area contributed by atoms with Crippen molar-refractivity contribution in [2.24, 2.45) is 0 Å². The molecular formula is H3F4NO4P+. The molecule has 0 rings (SSSR count). The Kier molecular flexibility index (Phi) is 4.78. The quantitative estimate of drug-likeness (QED) is 0.292. The average Bonchev–Trinajstić information content (AvgIpc) is 1.12. The minimum atomic E-state index is -5.00. The highest BCUT2D eigenvalue weighted by molar-refractivity contribution is 7.45. The van der Waals surface area contributed by atoms with E-state index in [0.29, 0.717) is 0 Å². The molecule has 0 aromatic carbocycles. The van der Waals surface area contributed by atoms with Gasteiger partial charge >= 0.3 is 13.2 Å². The Hall–Kier alpha value is -0.210. The number of rotatable bonds is 0. The highest BCUT2D eigenvalue weighted by Gasteiger charge is 2.30. The molecule has 0 aliphatic heterocycles. The van der Waals surface area contributed by atoms with Crippen LogP contribution in [-0.4, -0.2) is 20.1 Å². The second-order valence-corrected chi connectivity index (χ2v) is 1.92. The van der Waals surface area contributed by atoms with E-state index >= 15 is 0 Å². The van der Waals surface area contributed by atoms with E-state index in [4.69, 9.17) is 19.2 Å². The van der Waals surface area contributed by atoms with Crippen LogP contribution in [0.1, 0.15) is 0 Å². The summed E-state index contributed by atoms with van der Waals surface area (Å²) >= 11 is 0. The molecule has 3 N–H and O–H groups in total. The smallest absolute Gasteiger partial charge is 0.303 e. The van der Waals surface area contributed by atoms with Crippen molar-refractivity contribution in [1.82, 2.24) is 0 Å². The first kappa shape index (κ1) is 12.5. The van der Waals surface area contributed by atoms with Gasteiger partial charge in [-0.3, -0.25) is 0 Å². The van der Waals surface area contributed by atoms with E-state index < -0.39 is 13.2 Å². The number of phosphoric acid groups is 1. The van der Waals surface area contributed by atoms with Gasteiger partial charge in [0.1, 0.15) is 17.9 Å². The van der Waals surface area contributed by atoms with Crippen molar-refractivity contribution in [3.05, 3.63) is 0 Å². The zero-order valence-electron chi connectivity index (χ0n) is 4.16. The van der Waals surface area contributed by atoms with Crippen LogP contribution in [-0.2, 0) is 4.57 Å². The van der Waals surface area contributed by atoms with Crippen LogP contribution in [0.5, 0.6) is 0 Å². The molecular weight excluding hydrogens is 185 g/mol. The summed E-state index contributed by atoms with van der Waals surface area (Å²) in [6.45, 7) is 0. The lowest BCUT2D eigenvalue weighted by Crippen LogP contribution is -1.99. The average molecular weight is 188 g/mol. The van der Waals surface area contributed by atoms with Gasteiger partial charge in [0, 0.05) is 0 Å². The minimum absolute atomic E-state index is 4.64. The Bertz CT molecular complexity index is 109. The largest absolute Gasteiger partial charge is 0.466 e. The molecule has 64 valence electrons. The summed E-state index contributed by atoms with van der Waals surface area (Å²) in [6.07, 6.45) is 0. The van der Waals surface area contributed by atoms with Gasteiger partial charge in [-0.15, -0.1) is 0 Å². The van der Waals surface area contributed by atoms with E-state index in [2.05, 4.69) is 0 Å². The second kappa shape index (κ2) is 3.84. The molecule has 0 heterocycles. The van der Waals surface area contributed by atoms with E-state index in [-0.39, 0.29) is 0 Å². The number of hydrogen-bond donors (Lipinski definition) is 3. The van der Waals surface area contributed by atoms with Crippen molar-refractivity contribution in [3.8, 4) is 0 Å². The van der Waals surface area contributed by atoms with Crippen molar-refractivity contribution in [3.63, 3.8) is 0 Å². The van der Waals surface area contributed by atoms with Gasteiger partial charge in [-0.05, 0) is 0 Å². The Balaban J connectivity index is 0. The van der Waals surface area contributed by atoms with Gasteiger partial charge in [0.05, 0.1) is 0 Å². The van der Waals surface area contributed by atoms with Crippen molar-refractivity contribution in [2.45, 2.75) is 0 Å². The molecule has 0 aromatic rings. The molecule has 0 spiro atoms. The van der Waals surface area contributed by atoms with Gasteiger partial charge in [0.2, 0.25) is 0 Å². The van der Waals surface area contributed by atoms with Gasteiger partial charge < -0.3 is 14.7 Å². The first-order valence-corrected chi connectivity index (χ1v) is 3.02. The van der Waals surface area contributed by atoms with Crippen LogP contribution in [0.15, 0.2) is 0 Å². The van der Waals surface area contributed by atoms with Crippen LogP contribution in [0.2, 0.25) is 0 Å². The zero-order chi connectivity index (χ0) is 9.00. The molecule has 0 saturated carbocycles. The third-order valence-corrected chi connectivity index (χ3v) is 0. The Morgan fingerprint density at radius 1 is 1.00 bits per heavy atom. The van der Waals surface area contributed by atoms with E-state index in [1.807, 2.05) is 0 Å². The van der Waals surface area contributed by atoms with Crippen molar-refractivity contribution in [2.75, 3.05) is 0 Å². The molecule has 0 saturated heterocycles. The maximum Gasteiger partial charge on any atom is 0.466 e. The normalized spacial score (nSPS) is 11.9. The number of quaternary nitrogens is 1. The minimum Gasteiger partial charge on any atom is -0.303 e. The van der Waals surface area contributed by atoms with E-state index in [1.165, 1.54) is 0 Å². The number of halogens is 4. The number of hydrogen-bond acceptors (Lipinski definition) is 1. The molecule has 10 heavy (non-hydrogen) atoms. The SMILES string of the molecule is F[N+](F)(F)F.O=P(O)(O)O. The van der Waals surface area contributed by atoms with Crippen molar-refractivity contribution >= 4 is 7.82 Å². The second-order valence-electron chi connectivity index (χ2n) is 0.897. The predicted octanol–water partition coefficient (Wildman–Crippen LogP) is 0.413. The summed E-state index contributed by atoms with van der Waals surface area (Å²) in [5.74, 6) is 0. The first-order chi connectivity index (χ1) is 4.00. The lowest BCUT2D eigenvalue weighted by atomic mass is 13.3. The van der Waals surface area contributed by atoms with Crippen LogP contribution in [0.25, 0.3) is 0 Å². The fourth-order valence-electron chi connectivity index (χ4n) is 0. The summed E-state index contributed by atoms with van der Waals surface area (Å²) in [5, 5.41) is -5.00. The Morgan fingerprint density at radius 2 is 1.00 bits per heavy atom. The number of nitrogens with zero attached hydrogens (tertiary/aromatic N) is 1. The fourth-order valence-corrected chi connectivity index (χ4v) is 0. The monoisotopic (exact) mass is 188 g/mol. The third-order valence-electron chi connectivity index (χ3n) is 0. The Morgan fingerprint density at radius 3 is 1.00 bits per heavy atom. The lowest BCUT2D eigenvalue weighted by Gasteiger charge is -1.82. The third kappa shape index (κ3) is 8140. The molecule has 0 amide bonds. The molecule has 0 radical (unpaired) electrons. The first-order valence-electron chi connectivity index (χ1n) is 1.46. The van der Waals surface area contributed by atoms with Gasteiger partial charge in [-0.1, -0.05) is 0 Å². The molecule has 0 aromatic heterocycles. The standard InChI is InChI=1S/F4N.H3O4P/c2*1-5(2,3)4/h;(H3,1,2,3,4)/q+1;. The predicted molar refractivity (Wildman–Crippen MR) is 19.0 cm³/mol. The summed E-state index contributed by atoms with van der Waals surface area (Å²) in [6, 6.07) is 0. The highest BCUT2D eigenvalue weighted by Crippen LogP contribution is 2.25. The molecule has 0 aliphatic rings. The molecule has 5 nitrogen and oxygen atoms in total. The van der Waals surface area contributed by atoms with Gasteiger partial charge in [0.15, 0.2) is 0 Å². The van der Waals surface area contributed by atoms with E-state index in [0.717, 1.165) is 0 Å². The molecule has 10 heteroatoms. The summed E-state index contributed by atoms with van der Waals surface area (Å²) in [4.78, 5) is 21.6. The van der Waals surface area contributed by atoms with Gasteiger partial charge in [0.25, 0.3) is 0 Å². The van der Waals surface area contributed by atoms with E-state index in [1.54, 1.807) is 0 Å². The lowest BCUT2D eigenvalue weighted by molar-refractivity contribution is -1.36. The summed E-state index contributed by atoms with van der Waals surface area (Å²) < 4.78 is 47.4. The van der Waals surface area contributed by atoms with Crippen molar-refractivity contribution < 1.29 is 42.5 Å². The Labute approximate surface area is 51.7 Å². The van der Waals surface area contributed by atoms with Crippen LogP contribution < -0.4 is 0 Å². The van der Waals surface area contributed by atoms with Crippen LogP contribution in [0.3, 0.4) is 0 Å². The zero-order valence-corrected chi connectivity index (χ0v) is 5.05.